The van der Waals surface area contributed by atoms with Crippen LogP contribution in [0.25, 0.3) is 0 Å². The van der Waals surface area contributed by atoms with Crippen LogP contribution < -0.4 is 5.32 Å². The fourth-order valence-corrected chi connectivity index (χ4v) is 0.567. The van der Waals surface area contributed by atoms with Crippen LogP contribution in [-0.2, 0) is 4.74 Å². The average molecular weight is 129 g/mol. The maximum Gasteiger partial charge on any atom is 0.0970 e. The molecule has 2 nitrogen and oxygen atoms in total. The number of hydrogen-bond acceptors (Lipinski definition) is 2. The van der Waals surface area contributed by atoms with E-state index in [1.54, 1.807) is 0 Å². The molecule has 0 aromatic carbocycles. The SMILES string of the molecule is CC(C)NCOC1CC1. The Kier molecular flexibility index (Phi) is 2.49. The second-order valence-corrected chi connectivity index (χ2v) is 2.87. The highest BCUT2D eigenvalue weighted by Crippen LogP contribution is 2.22. The molecule has 1 aliphatic rings. The summed E-state index contributed by atoms with van der Waals surface area (Å²) in [5, 5.41) is 3.19. The van der Waals surface area contributed by atoms with Gasteiger partial charge in [0.2, 0.25) is 0 Å². The maximum absolute atomic E-state index is 5.35. The zero-order chi connectivity index (χ0) is 6.69. The van der Waals surface area contributed by atoms with E-state index in [2.05, 4.69) is 19.2 Å². The minimum atomic E-state index is 0.545. The molecule has 0 spiro atoms. The lowest BCUT2D eigenvalue weighted by Crippen LogP contribution is -2.25. The number of nitrogens with one attached hydrogen (secondary N) is 1. The quantitative estimate of drug-likeness (QED) is 0.574. The molecule has 1 rings (SSSR count). The van der Waals surface area contributed by atoms with Crippen LogP contribution in [0.4, 0.5) is 0 Å². The minimum Gasteiger partial charge on any atom is -0.363 e. The molecular weight excluding hydrogens is 114 g/mol. The lowest BCUT2D eigenvalue weighted by Gasteiger charge is -2.06. The second kappa shape index (κ2) is 3.18. The monoisotopic (exact) mass is 129 g/mol. The van der Waals surface area contributed by atoms with Crippen molar-refractivity contribution >= 4 is 0 Å². The van der Waals surface area contributed by atoms with Crippen LogP contribution in [-0.4, -0.2) is 18.9 Å². The third kappa shape index (κ3) is 3.49. The van der Waals surface area contributed by atoms with Gasteiger partial charge in [-0.3, -0.25) is 5.32 Å². The largest absolute Gasteiger partial charge is 0.363 e. The zero-order valence-corrected chi connectivity index (χ0v) is 6.18. The molecule has 0 bridgehead atoms. The van der Waals surface area contributed by atoms with Crippen LogP contribution in [0, 0.1) is 0 Å². The topological polar surface area (TPSA) is 21.3 Å². The van der Waals surface area contributed by atoms with E-state index in [0.29, 0.717) is 12.1 Å². The molecular formula is C7H15NO. The summed E-state index contributed by atoms with van der Waals surface area (Å²) in [6.45, 7) is 4.97. The highest BCUT2D eigenvalue weighted by Gasteiger charge is 2.21. The Morgan fingerprint density at radius 1 is 1.56 bits per heavy atom. The summed E-state index contributed by atoms with van der Waals surface area (Å²) in [5.74, 6) is 0. The van der Waals surface area contributed by atoms with Gasteiger partial charge in [0.05, 0.1) is 12.8 Å². The van der Waals surface area contributed by atoms with Crippen molar-refractivity contribution in [3.63, 3.8) is 0 Å². The first-order valence-corrected chi connectivity index (χ1v) is 3.64. The van der Waals surface area contributed by atoms with Gasteiger partial charge in [0.15, 0.2) is 0 Å². The molecule has 2 heteroatoms. The molecule has 0 aromatic rings. The average Bonchev–Trinajstić information content (AvgIpc) is 2.48. The Hall–Kier alpha value is -0.0800. The number of hydrogen-bond donors (Lipinski definition) is 1. The fraction of sp³-hybridized carbons (Fsp3) is 1.00. The van der Waals surface area contributed by atoms with Crippen molar-refractivity contribution in [2.45, 2.75) is 38.8 Å². The molecule has 54 valence electrons. The van der Waals surface area contributed by atoms with Crippen molar-refractivity contribution in [2.75, 3.05) is 6.73 Å². The van der Waals surface area contributed by atoms with Gasteiger partial charge in [-0.05, 0) is 26.7 Å². The van der Waals surface area contributed by atoms with E-state index in [9.17, 15) is 0 Å². The van der Waals surface area contributed by atoms with Crippen molar-refractivity contribution in [1.29, 1.82) is 0 Å². The molecule has 0 atom stereocenters. The van der Waals surface area contributed by atoms with Gasteiger partial charge in [0, 0.05) is 6.04 Å². The third-order valence-electron chi connectivity index (χ3n) is 1.33. The summed E-state index contributed by atoms with van der Waals surface area (Å²) in [7, 11) is 0. The molecule has 1 N–H and O–H groups in total. The second-order valence-electron chi connectivity index (χ2n) is 2.87. The van der Waals surface area contributed by atoms with Gasteiger partial charge in [-0.25, -0.2) is 0 Å². The lowest BCUT2D eigenvalue weighted by atomic mass is 10.4. The van der Waals surface area contributed by atoms with E-state index in [-0.39, 0.29) is 0 Å². The van der Waals surface area contributed by atoms with E-state index in [1.807, 2.05) is 0 Å². The summed E-state index contributed by atoms with van der Waals surface area (Å²) >= 11 is 0. The predicted octanol–water partition coefficient (Wildman–Crippen LogP) is 1.12. The van der Waals surface area contributed by atoms with Gasteiger partial charge in [-0.2, -0.15) is 0 Å². The Labute approximate surface area is 56.6 Å². The standard InChI is InChI=1S/C7H15NO/c1-6(2)8-5-9-7-3-4-7/h6-8H,3-5H2,1-2H3. The van der Waals surface area contributed by atoms with Crippen molar-refractivity contribution in [2.24, 2.45) is 0 Å². The molecule has 0 radical (unpaired) electrons. The van der Waals surface area contributed by atoms with Crippen LogP contribution >= 0.6 is 0 Å². The zero-order valence-electron chi connectivity index (χ0n) is 6.18. The van der Waals surface area contributed by atoms with Crippen LogP contribution in [0.3, 0.4) is 0 Å². The molecule has 0 heterocycles. The minimum absolute atomic E-state index is 0.545. The van der Waals surface area contributed by atoms with Gasteiger partial charge in [0.1, 0.15) is 0 Å². The summed E-state index contributed by atoms with van der Waals surface area (Å²) in [4.78, 5) is 0. The van der Waals surface area contributed by atoms with Gasteiger partial charge >= 0.3 is 0 Å². The highest BCUT2D eigenvalue weighted by atomic mass is 16.5. The van der Waals surface area contributed by atoms with E-state index >= 15 is 0 Å². The van der Waals surface area contributed by atoms with E-state index < -0.39 is 0 Å². The molecule has 1 saturated carbocycles. The summed E-state index contributed by atoms with van der Waals surface area (Å²) in [5.41, 5.74) is 0. The Morgan fingerprint density at radius 3 is 2.67 bits per heavy atom. The lowest BCUT2D eigenvalue weighted by molar-refractivity contribution is 0.0973. The Bertz CT molecular complexity index is 77.0. The summed E-state index contributed by atoms with van der Waals surface area (Å²) in [6.07, 6.45) is 3.11. The predicted molar refractivity (Wildman–Crippen MR) is 37.2 cm³/mol. The highest BCUT2D eigenvalue weighted by molar-refractivity contribution is 4.72. The molecule has 1 fully saturated rings. The Balaban J connectivity index is 1.81. The van der Waals surface area contributed by atoms with Gasteiger partial charge in [-0.1, -0.05) is 0 Å². The Morgan fingerprint density at radius 2 is 2.22 bits per heavy atom. The third-order valence-corrected chi connectivity index (χ3v) is 1.33. The normalized spacial score (nSPS) is 19.0. The molecule has 9 heavy (non-hydrogen) atoms. The molecule has 0 aliphatic heterocycles. The van der Waals surface area contributed by atoms with Gasteiger partial charge in [0.25, 0.3) is 0 Å². The van der Waals surface area contributed by atoms with E-state index in [0.717, 1.165) is 6.73 Å². The first kappa shape index (κ1) is 7.03. The molecule has 1 aliphatic carbocycles. The molecule has 0 saturated heterocycles. The van der Waals surface area contributed by atoms with Crippen molar-refractivity contribution in [3.8, 4) is 0 Å². The fourth-order valence-electron chi connectivity index (χ4n) is 0.567. The molecule has 0 aromatic heterocycles. The van der Waals surface area contributed by atoms with Gasteiger partial charge in [-0.15, -0.1) is 0 Å². The number of ether oxygens (including phenoxy) is 1. The maximum atomic E-state index is 5.35. The van der Waals surface area contributed by atoms with Crippen LogP contribution in [0.2, 0.25) is 0 Å². The first-order valence-electron chi connectivity index (χ1n) is 3.64. The summed E-state index contributed by atoms with van der Waals surface area (Å²) in [6, 6.07) is 0.545. The molecule has 0 amide bonds. The van der Waals surface area contributed by atoms with E-state index in [4.69, 9.17) is 4.74 Å². The van der Waals surface area contributed by atoms with E-state index in [1.165, 1.54) is 12.8 Å². The van der Waals surface area contributed by atoms with Crippen LogP contribution in [0.1, 0.15) is 26.7 Å². The van der Waals surface area contributed by atoms with Crippen molar-refractivity contribution < 1.29 is 4.74 Å². The van der Waals surface area contributed by atoms with Crippen LogP contribution in [0.5, 0.6) is 0 Å². The van der Waals surface area contributed by atoms with Crippen molar-refractivity contribution in [1.82, 2.24) is 5.32 Å². The smallest absolute Gasteiger partial charge is 0.0970 e. The van der Waals surface area contributed by atoms with Crippen molar-refractivity contribution in [3.05, 3.63) is 0 Å². The van der Waals surface area contributed by atoms with Crippen LogP contribution in [0.15, 0.2) is 0 Å². The summed E-state index contributed by atoms with van der Waals surface area (Å²) < 4.78 is 5.35. The number of rotatable bonds is 4. The first-order chi connectivity index (χ1) is 4.29. The molecule has 0 unspecified atom stereocenters. The van der Waals surface area contributed by atoms with Gasteiger partial charge < -0.3 is 4.74 Å².